The summed E-state index contributed by atoms with van der Waals surface area (Å²) in [5, 5.41) is 108. The highest BCUT2D eigenvalue weighted by molar-refractivity contribution is 6.01. The van der Waals surface area contributed by atoms with Gasteiger partial charge in [0.1, 0.15) is 90.3 Å². The highest BCUT2D eigenvalue weighted by Gasteiger charge is 2.40. The Balaban J connectivity index is 1.85. The lowest BCUT2D eigenvalue weighted by atomic mass is 9.99. The number of nitrogens with two attached hydrogens (primary N) is 5. The molecule has 47 heteroatoms. The standard InChI is InChI=1S/C81H128N22O25/c1-41(2)27-52(92-71(117)53(28-42(3)4)94-77(123)61(38-106)100-69(115)51(23-24-63(85)110)91-76(122)60(37-105)102-79(125)59(36-104)99-67(113)49(84)17-11-13-25-82)72(118)95-55(31-46-19-21-48(109)22-20-46)75(121)101-62(39-107)78(124)96-57(33-64(86)111)68(114)88-35-65(112)90-50(18-12-14-26-83)70(116)103-66(44(7)108)80(126)97-56(30-45-15-9-8-10-16-45)74(120)93-54(29-43(5)6)73(119)98-58(81(127)128)32-47-34-87-40-89-47/h8-10,15-16,19-22,34,40-44,49-62,66,104-109H,11-14,17-18,23-33,35-39,82-84H2,1-7H3,(H2,85,110)(H2,86,111)(H,87,89)(H,88,114)(H,90,112)(H,91,122)(H,92,117)(H,93,120)(H,94,123)(H,95,118)(H,96,124)(H,97,126)(H,98,119)(H,99,113)(H,100,115)(H,101,121)(H,102,125)(H,103,116)(H,127,128)/t44-,49+,50+,51+,52+,53+,54+,55+,56+,57+,58+,59+,60+,61+,62+,66+/m1/s1. The molecule has 17 amide bonds. The van der Waals surface area contributed by atoms with E-state index in [9.17, 15) is 122 Å². The van der Waals surface area contributed by atoms with Gasteiger partial charge < -0.3 is 149 Å². The highest BCUT2D eigenvalue weighted by Crippen LogP contribution is 2.17. The third-order valence-electron chi connectivity index (χ3n) is 19.5. The Hall–Kier alpha value is -12.4. The molecule has 2 aromatic carbocycles. The molecule has 0 radical (unpaired) electrons. The second kappa shape index (κ2) is 57.3. The van der Waals surface area contributed by atoms with Crippen LogP contribution in [0.5, 0.6) is 5.75 Å². The lowest BCUT2D eigenvalue weighted by Crippen LogP contribution is -2.62. The number of aliphatic carboxylic acids is 1. The van der Waals surface area contributed by atoms with Crippen LogP contribution in [0, 0.1) is 17.8 Å². The summed E-state index contributed by atoms with van der Waals surface area (Å²) in [7, 11) is 0. The molecule has 33 N–H and O–H groups in total. The highest BCUT2D eigenvalue weighted by atomic mass is 16.4. The summed E-state index contributed by atoms with van der Waals surface area (Å²) in [6.07, 6.45) is -0.764. The van der Waals surface area contributed by atoms with Gasteiger partial charge in [-0.25, -0.2) is 9.78 Å². The Bertz CT molecular complexity index is 4150. The van der Waals surface area contributed by atoms with Crippen LogP contribution in [0.4, 0.5) is 0 Å². The molecule has 47 nitrogen and oxygen atoms in total. The molecule has 3 rings (SSSR count). The average molecular weight is 1810 g/mol. The lowest BCUT2D eigenvalue weighted by Gasteiger charge is -2.28. The number of hydrogen-bond acceptors (Lipinski definition) is 28. The van der Waals surface area contributed by atoms with Crippen LogP contribution in [0.25, 0.3) is 0 Å². The van der Waals surface area contributed by atoms with Crippen molar-refractivity contribution in [1.82, 2.24) is 89.7 Å². The molecule has 0 aliphatic carbocycles. The van der Waals surface area contributed by atoms with Crippen LogP contribution in [-0.2, 0) is 106 Å². The van der Waals surface area contributed by atoms with E-state index in [1.54, 1.807) is 71.9 Å². The van der Waals surface area contributed by atoms with Crippen LogP contribution in [0.15, 0.2) is 67.1 Å². The molecule has 0 saturated carbocycles. The van der Waals surface area contributed by atoms with Crippen LogP contribution in [0.3, 0.4) is 0 Å². The number of carbonyl (C=O) groups excluding carboxylic acids is 17. The number of unbranched alkanes of at least 4 members (excludes halogenated alkanes) is 2. The van der Waals surface area contributed by atoms with Crippen LogP contribution in [0.2, 0.25) is 0 Å². The van der Waals surface area contributed by atoms with Gasteiger partial charge >= 0.3 is 5.97 Å². The Morgan fingerprint density at radius 3 is 1.16 bits per heavy atom. The van der Waals surface area contributed by atoms with Gasteiger partial charge in [0, 0.05) is 31.9 Å². The number of carboxylic acids is 1. The zero-order valence-electron chi connectivity index (χ0n) is 72.7. The Morgan fingerprint density at radius 2 is 0.758 bits per heavy atom. The van der Waals surface area contributed by atoms with E-state index in [0.29, 0.717) is 37.1 Å². The van der Waals surface area contributed by atoms with Gasteiger partial charge in [0.2, 0.25) is 100 Å². The van der Waals surface area contributed by atoms with Gasteiger partial charge in [-0.1, -0.05) is 90.4 Å². The summed E-state index contributed by atoms with van der Waals surface area (Å²) >= 11 is 0. The molecule has 0 aliphatic rings. The third-order valence-corrected chi connectivity index (χ3v) is 19.5. The summed E-state index contributed by atoms with van der Waals surface area (Å²) in [5.41, 5.74) is 29.1. The molecule has 1 aromatic heterocycles. The van der Waals surface area contributed by atoms with E-state index in [0.717, 1.165) is 6.92 Å². The van der Waals surface area contributed by atoms with E-state index in [-0.39, 0.29) is 75.1 Å². The number of carboxylic acid groups (broad SMARTS) is 1. The number of phenolic OH excluding ortho intramolecular Hbond substituents is 1. The van der Waals surface area contributed by atoms with Crippen molar-refractivity contribution >= 4 is 106 Å². The molecule has 0 fully saturated rings. The number of hydrogen-bond donors (Lipinski definition) is 28. The second-order valence-corrected chi connectivity index (χ2v) is 31.9. The zero-order valence-corrected chi connectivity index (χ0v) is 72.7. The van der Waals surface area contributed by atoms with Gasteiger partial charge in [-0.05, 0) is 119 Å². The molecule has 3 aromatic rings. The number of aromatic nitrogens is 2. The van der Waals surface area contributed by atoms with Gasteiger partial charge in [0.25, 0.3) is 0 Å². The molecular formula is C81H128N22O25. The maximum absolute atomic E-state index is 14.6. The molecule has 16 atom stereocenters. The SMILES string of the molecule is CC(C)C[C@H](NC(=O)[C@H](Cc1ccccc1)NC(=O)[C@@H](NC(=O)[C@H](CCCCN)NC(=O)CNC(=O)[C@H](CC(N)=O)NC(=O)[C@H](CO)NC(=O)[C@H](Cc1ccc(O)cc1)NC(=O)[C@H](CC(C)C)NC(=O)[C@H](CC(C)C)NC(=O)[C@H](CO)NC(=O)[C@H](CCC(N)=O)NC(=O)[C@H](CO)NC(=O)[C@H](CO)NC(=O)[C@@H](N)CCCCN)[C@@H](C)O)C(=O)N[C@@H](Cc1c[nH]cn1)C(=O)O. The first kappa shape index (κ1) is 110. The van der Waals surface area contributed by atoms with Gasteiger partial charge in [0.15, 0.2) is 0 Å². The number of primary amides is 2. The van der Waals surface area contributed by atoms with Crippen LogP contribution in [-0.4, -0.2) is 295 Å². The van der Waals surface area contributed by atoms with Crippen LogP contribution >= 0.6 is 0 Å². The molecule has 1 heterocycles. The van der Waals surface area contributed by atoms with Crippen molar-refractivity contribution < 1.29 is 122 Å². The van der Waals surface area contributed by atoms with Crippen molar-refractivity contribution in [2.75, 3.05) is 46.1 Å². The number of carbonyl (C=O) groups is 18. The molecule has 0 aliphatic heterocycles. The number of nitrogens with one attached hydrogen (secondary N) is 16. The van der Waals surface area contributed by atoms with E-state index in [1.165, 1.54) is 36.8 Å². The normalized spacial score (nSPS) is 15.0. The topological polar surface area (TPSA) is 788 Å². The molecule has 0 spiro atoms. The number of benzene rings is 2. The molecule has 712 valence electrons. The Kier molecular flexibility index (Phi) is 49.2. The Labute approximate surface area is 738 Å². The number of aliphatic hydroxyl groups is 5. The smallest absolute Gasteiger partial charge is 0.326 e. The summed E-state index contributed by atoms with van der Waals surface area (Å²) in [4.78, 5) is 253. The van der Waals surface area contributed by atoms with Crippen LogP contribution in [0.1, 0.15) is 142 Å². The molecule has 128 heavy (non-hydrogen) atoms. The zero-order chi connectivity index (χ0) is 96.0. The van der Waals surface area contributed by atoms with Crippen molar-refractivity contribution in [3.63, 3.8) is 0 Å². The average Bonchev–Trinajstić information content (AvgIpc) is 0.986. The minimum Gasteiger partial charge on any atom is -0.508 e. The van der Waals surface area contributed by atoms with Crippen molar-refractivity contribution in [1.29, 1.82) is 0 Å². The largest absolute Gasteiger partial charge is 0.508 e. The fourth-order valence-electron chi connectivity index (χ4n) is 12.7. The third kappa shape index (κ3) is 40.5. The number of imidazole rings is 1. The number of H-pyrrole nitrogens is 1. The molecule has 0 bridgehead atoms. The summed E-state index contributed by atoms with van der Waals surface area (Å²) in [6, 6.07) is -11.5. The fourth-order valence-corrected chi connectivity index (χ4v) is 12.7. The van der Waals surface area contributed by atoms with E-state index in [2.05, 4.69) is 89.7 Å². The fraction of sp³-hybridized carbons (Fsp3) is 0.593. The van der Waals surface area contributed by atoms with Gasteiger partial charge in [-0.3, -0.25) is 81.5 Å². The Morgan fingerprint density at radius 1 is 0.391 bits per heavy atom. The van der Waals surface area contributed by atoms with E-state index in [4.69, 9.17) is 28.7 Å². The maximum Gasteiger partial charge on any atom is 0.326 e. The number of aromatic hydroxyl groups is 1. The number of aromatic amines is 1. The lowest BCUT2D eigenvalue weighted by molar-refractivity contribution is -0.142. The minimum atomic E-state index is -2.02. The molecule has 0 saturated heterocycles. The first-order chi connectivity index (χ1) is 60.5. The first-order valence-corrected chi connectivity index (χ1v) is 41.9. The summed E-state index contributed by atoms with van der Waals surface area (Å²) in [5.74, 6) is -21.5. The number of aliphatic hydroxyl groups excluding tert-OH is 5. The maximum atomic E-state index is 14.6. The predicted octanol–water partition coefficient (Wildman–Crippen LogP) is -9.65. The molecular weight excluding hydrogens is 1680 g/mol. The summed E-state index contributed by atoms with van der Waals surface area (Å²) < 4.78 is 0. The quantitative estimate of drug-likeness (QED) is 0.0233. The monoisotopic (exact) mass is 1810 g/mol. The number of rotatable bonds is 61. The molecule has 0 unspecified atom stereocenters. The van der Waals surface area contributed by atoms with Crippen LogP contribution < -0.4 is 108 Å². The number of phenols is 1. The number of amides is 17. The second-order valence-electron chi connectivity index (χ2n) is 31.9. The van der Waals surface area contributed by atoms with Crippen molar-refractivity contribution in [3.8, 4) is 5.75 Å². The van der Waals surface area contributed by atoms with Crippen molar-refractivity contribution in [2.45, 2.75) is 242 Å². The van der Waals surface area contributed by atoms with Gasteiger partial charge in [-0.2, -0.15) is 0 Å². The van der Waals surface area contributed by atoms with E-state index < -0.39 is 274 Å². The van der Waals surface area contributed by atoms with E-state index in [1.807, 2.05) is 0 Å². The van der Waals surface area contributed by atoms with Gasteiger partial charge in [0.05, 0.1) is 63.6 Å². The minimum absolute atomic E-state index is 0.00291. The first-order valence-electron chi connectivity index (χ1n) is 41.9. The summed E-state index contributed by atoms with van der Waals surface area (Å²) in [6.45, 7) is 6.17. The number of nitrogens with zero attached hydrogens (tertiary/aromatic N) is 1. The van der Waals surface area contributed by atoms with E-state index >= 15 is 0 Å². The van der Waals surface area contributed by atoms with Crippen molar-refractivity contribution in [2.24, 2.45) is 46.4 Å². The predicted molar refractivity (Wildman–Crippen MR) is 456 cm³/mol. The van der Waals surface area contributed by atoms with Crippen molar-refractivity contribution in [3.05, 3.63) is 83.9 Å². The van der Waals surface area contributed by atoms with Gasteiger partial charge in [-0.15, -0.1) is 0 Å².